The maximum absolute atomic E-state index is 13.2. The number of anilines is 1. The van der Waals surface area contributed by atoms with Crippen LogP contribution in [0.3, 0.4) is 0 Å². The lowest BCUT2D eigenvalue weighted by Gasteiger charge is -2.10. The van der Waals surface area contributed by atoms with E-state index in [0.717, 1.165) is 12.1 Å². The Hall–Kier alpha value is -2.45. The van der Waals surface area contributed by atoms with E-state index < -0.39 is 17.5 Å². The molecular weight excluding hydrogens is 298 g/mol. The summed E-state index contributed by atoms with van der Waals surface area (Å²) in [5, 5.41) is 11.1. The normalized spacial score (nSPS) is 10.0. The van der Waals surface area contributed by atoms with E-state index in [1.165, 1.54) is 0 Å². The summed E-state index contributed by atoms with van der Waals surface area (Å²) in [5.74, 6) is -2.96. The summed E-state index contributed by atoms with van der Waals surface area (Å²) in [6.45, 7) is 0. The zero-order valence-electron chi connectivity index (χ0n) is 10.7. The standard InChI is InChI=1S/C15H9ClF2N2O/c16-11-8-13(18)12(17)7-10(11)15(21)20-14-4-2-1-3-9(14)5-6-19/h1-4,7-8H,5H2,(H,20,21). The number of nitrogens with one attached hydrogen (secondary N) is 1. The van der Waals surface area contributed by atoms with Crippen molar-refractivity contribution in [1.82, 2.24) is 0 Å². The summed E-state index contributed by atoms with van der Waals surface area (Å²) >= 11 is 5.74. The first-order chi connectivity index (χ1) is 10.0. The van der Waals surface area contributed by atoms with E-state index in [0.29, 0.717) is 11.3 Å². The molecule has 0 spiro atoms. The number of benzene rings is 2. The molecule has 2 rings (SSSR count). The summed E-state index contributed by atoms with van der Waals surface area (Å²) in [5.41, 5.74) is 0.860. The molecule has 0 atom stereocenters. The SMILES string of the molecule is N#CCc1ccccc1NC(=O)c1cc(F)c(F)cc1Cl. The molecule has 0 saturated heterocycles. The third-order valence-corrected chi connectivity index (χ3v) is 3.10. The average Bonchev–Trinajstić information content (AvgIpc) is 2.45. The van der Waals surface area contributed by atoms with E-state index in [1.807, 2.05) is 6.07 Å². The highest BCUT2D eigenvalue weighted by molar-refractivity contribution is 6.34. The molecule has 1 N–H and O–H groups in total. The van der Waals surface area contributed by atoms with Crippen molar-refractivity contribution in [2.24, 2.45) is 0 Å². The summed E-state index contributed by atoms with van der Waals surface area (Å²) in [4.78, 5) is 12.1. The molecule has 0 heterocycles. The monoisotopic (exact) mass is 306 g/mol. The number of amides is 1. The summed E-state index contributed by atoms with van der Waals surface area (Å²) in [7, 11) is 0. The Kier molecular flexibility index (Phi) is 4.51. The largest absolute Gasteiger partial charge is 0.322 e. The van der Waals surface area contributed by atoms with E-state index in [4.69, 9.17) is 16.9 Å². The minimum absolute atomic E-state index is 0.113. The van der Waals surface area contributed by atoms with Crippen molar-refractivity contribution in [3.05, 3.63) is 64.2 Å². The first kappa shape index (κ1) is 14.9. The number of nitriles is 1. The Bertz CT molecular complexity index is 741. The molecule has 0 aromatic heterocycles. The molecule has 0 saturated carbocycles. The second-order valence-electron chi connectivity index (χ2n) is 4.19. The number of carbonyl (C=O) groups excluding carboxylic acids is 1. The van der Waals surface area contributed by atoms with E-state index in [1.54, 1.807) is 24.3 Å². The van der Waals surface area contributed by atoms with Gasteiger partial charge in [0.2, 0.25) is 0 Å². The number of hydrogen-bond acceptors (Lipinski definition) is 2. The van der Waals surface area contributed by atoms with E-state index >= 15 is 0 Å². The Morgan fingerprint density at radius 3 is 2.62 bits per heavy atom. The lowest BCUT2D eigenvalue weighted by atomic mass is 10.1. The summed E-state index contributed by atoms with van der Waals surface area (Å²) < 4.78 is 26.2. The Morgan fingerprint density at radius 2 is 1.90 bits per heavy atom. The zero-order valence-corrected chi connectivity index (χ0v) is 11.4. The average molecular weight is 307 g/mol. The number of hydrogen-bond donors (Lipinski definition) is 1. The first-order valence-corrected chi connectivity index (χ1v) is 6.31. The predicted molar refractivity (Wildman–Crippen MR) is 75.1 cm³/mol. The fourth-order valence-corrected chi connectivity index (χ4v) is 2.00. The number of halogens is 3. The number of para-hydroxylation sites is 1. The van der Waals surface area contributed by atoms with Crippen molar-refractivity contribution in [2.45, 2.75) is 6.42 Å². The molecule has 0 unspecified atom stereocenters. The van der Waals surface area contributed by atoms with Crippen LogP contribution in [-0.2, 0) is 6.42 Å². The smallest absolute Gasteiger partial charge is 0.257 e. The lowest BCUT2D eigenvalue weighted by Crippen LogP contribution is -2.14. The Morgan fingerprint density at radius 1 is 1.24 bits per heavy atom. The van der Waals surface area contributed by atoms with Crippen molar-refractivity contribution in [2.75, 3.05) is 5.32 Å². The second kappa shape index (κ2) is 6.33. The van der Waals surface area contributed by atoms with Crippen molar-refractivity contribution < 1.29 is 13.6 Å². The predicted octanol–water partition coefficient (Wildman–Crippen LogP) is 3.94. The molecule has 2 aromatic rings. The summed E-state index contributed by atoms with van der Waals surface area (Å²) in [6, 6.07) is 10.2. The number of nitrogens with zero attached hydrogens (tertiary/aromatic N) is 1. The second-order valence-corrected chi connectivity index (χ2v) is 4.60. The van der Waals surface area contributed by atoms with Crippen molar-refractivity contribution >= 4 is 23.2 Å². The molecule has 21 heavy (non-hydrogen) atoms. The van der Waals surface area contributed by atoms with Gasteiger partial charge in [0.15, 0.2) is 11.6 Å². The highest BCUT2D eigenvalue weighted by atomic mass is 35.5. The third-order valence-electron chi connectivity index (χ3n) is 2.79. The molecule has 6 heteroatoms. The fraction of sp³-hybridized carbons (Fsp3) is 0.0667. The Labute approximate surface area is 124 Å². The molecular formula is C15H9ClF2N2O. The molecule has 0 radical (unpaired) electrons. The minimum atomic E-state index is -1.16. The number of carbonyl (C=O) groups is 1. The molecule has 2 aromatic carbocycles. The van der Waals surface area contributed by atoms with Gasteiger partial charge in [-0.05, 0) is 23.8 Å². The first-order valence-electron chi connectivity index (χ1n) is 5.93. The van der Waals surface area contributed by atoms with Gasteiger partial charge in [0.1, 0.15) is 0 Å². The van der Waals surface area contributed by atoms with E-state index in [2.05, 4.69) is 5.32 Å². The lowest BCUT2D eigenvalue weighted by molar-refractivity contribution is 0.102. The molecule has 0 bridgehead atoms. The van der Waals surface area contributed by atoms with Gasteiger partial charge in [-0.15, -0.1) is 0 Å². The van der Waals surface area contributed by atoms with Crippen LogP contribution in [-0.4, -0.2) is 5.91 Å². The fourth-order valence-electron chi connectivity index (χ4n) is 1.77. The van der Waals surface area contributed by atoms with Crippen molar-refractivity contribution in [1.29, 1.82) is 5.26 Å². The number of rotatable bonds is 3. The minimum Gasteiger partial charge on any atom is -0.322 e. The Balaban J connectivity index is 2.31. The van der Waals surface area contributed by atoms with Gasteiger partial charge in [0, 0.05) is 5.69 Å². The summed E-state index contributed by atoms with van der Waals surface area (Å²) in [6.07, 6.45) is 0.113. The highest BCUT2D eigenvalue weighted by Gasteiger charge is 2.16. The van der Waals surface area contributed by atoms with Crippen molar-refractivity contribution in [3.63, 3.8) is 0 Å². The van der Waals surface area contributed by atoms with Crippen LogP contribution >= 0.6 is 11.6 Å². The quantitative estimate of drug-likeness (QED) is 0.873. The van der Waals surface area contributed by atoms with Crippen LogP contribution in [0.15, 0.2) is 36.4 Å². The molecule has 106 valence electrons. The van der Waals surface area contributed by atoms with Gasteiger partial charge in [-0.25, -0.2) is 8.78 Å². The van der Waals surface area contributed by atoms with Crippen LogP contribution < -0.4 is 5.32 Å². The van der Waals surface area contributed by atoms with E-state index in [-0.39, 0.29) is 17.0 Å². The van der Waals surface area contributed by atoms with Crippen LogP contribution in [0, 0.1) is 23.0 Å². The molecule has 0 aliphatic carbocycles. The van der Waals surface area contributed by atoms with Gasteiger partial charge >= 0.3 is 0 Å². The van der Waals surface area contributed by atoms with Gasteiger partial charge in [-0.1, -0.05) is 29.8 Å². The topological polar surface area (TPSA) is 52.9 Å². The molecule has 1 amide bonds. The zero-order chi connectivity index (χ0) is 15.4. The van der Waals surface area contributed by atoms with Crippen LogP contribution in [0.2, 0.25) is 5.02 Å². The van der Waals surface area contributed by atoms with E-state index in [9.17, 15) is 13.6 Å². The van der Waals surface area contributed by atoms with Gasteiger partial charge < -0.3 is 5.32 Å². The van der Waals surface area contributed by atoms with Gasteiger partial charge in [-0.2, -0.15) is 5.26 Å². The third kappa shape index (κ3) is 3.36. The van der Waals surface area contributed by atoms with Gasteiger partial charge in [0.25, 0.3) is 5.91 Å². The molecule has 0 fully saturated rings. The maximum Gasteiger partial charge on any atom is 0.257 e. The van der Waals surface area contributed by atoms with Crippen LogP contribution in [0.5, 0.6) is 0 Å². The maximum atomic E-state index is 13.2. The molecule has 0 aliphatic heterocycles. The van der Waals surface area contributed by atoms with Crippen LogP contribution in [0.25, 0.3) is 0 Å². The van der Waals surface area contributed by atoms with Crippen molar-refractivity contribution in [3.8, 4) is 6.07 Å². The molecule has 3 nitrogen and oxygen atoms in total. The van der Waals surface area contributed by atoms with Crippen LogP contribution in [0.1, 0.15) is 15.9 Å². The highest BCUT2D eigenvalue weighted by Crippen LogP contribution is 2.22. The van der Waals surface area contributed by atoms with Crippen LogP contribution in [0.4, 0.5) is 14.5 Å². The molecule has 0 aliphatic rings. The van der Waals surface area contributed by atoms with Gasteiger partial charge in [0.05, 0.1) is 23.1 Å². The van der Waals surface area contributed by atoms with Gasteiger partial charge in [-0.3, -0.25) is 4.79 Å².